The minimum absolute atomic E-state index is 0.0180. The van der Waals surface area contributed by atoms with E-state index in [2.05, 4.69) is 47.6 Å². The van der Waals surface area contributed by atoms with Crippen molar-refractivity contribution in [1.82, 2.24) is 0 Å². The predicted molar refractivity (Wildman–Crippen MR) is 73.7 cm³/mol. The maximum absolute atomic E-state index is 11.9. The number of carbonyl (C=O) groups is 1. The van der Waals surface area contributed by atoms with E-state index in [1.807, 2.05) is 0 Å². The molecule has 0 saturated carbocycles. The molecule has 0 aliphatic rings. The standard InChI is InChI=1S/C8H10.C7H9F3O3/c1-7-3-5-8(2)6-4-7;1-3-13-6(11)4-5(12-2)7(8,9)10/h3-6H,1-2H3;4H,3H2,1-2H3/b;5-4-. The summed E-state index contributed by atoms with van der Waals surface area (Å²) in [4.78, 5) is 10.6. The van der Waals surface area contributed by atoms with Crippen LogP contribution in [0.15, 0.2) is 36.1 Å². The van der Waals surface area contributed by atoms with Gasteiger partial charge in [-0.2, -0.15) is 13.2 Å². The van der Waals surface area contributed by atoms with Gasteiger partial charge in [-0.1, -0.05) is 35.4 Å². The van der Waals surface area contributed by atoms with Gasteiger partial charge in [0.1, 0.15) is 0 Å². The number of halogens is 3. The monoisotopic (exact) mass is 304 g/mol. The lowest BCUT2D eigenvalue weighted by atomic mass is 10.2. The molecule has 1 aromatic carbocycles. The molecule has 1 rings (SSSR count). The van der Waals surface area contributed by atoms with Crippen LogP contribution in [0.3, 0.4) is 0 Å². The van der Waals surface area contributed by atoms with Crippen LogP contribution >= 0.6 is 0 Å². The fourth-order valence-electron chi connectivity index (χ4n) is 1.18. The zero-order valence-electron chi connectivity index (χ0n) is 12.5. The average molecular weight is 304 g/mol. The molecular weight excluding hydrogens is 285 g/mol. The summed E-state index contributed by atoms with van der Waals surface area (Å²) in [5, 5.41) is 0. The van der Waals surface area contributed by atoms with Crippen molar-refractivity contribution in [3.63, 3.8) is 0 Å². The van der Waals surface area contributed by atoms with Crippen LogP contribution in [0.2, 0.25) is 0 Å². The third-order valence-corrected chi connectivity index (χ3v) is 2.25. The summed E-state index contributed by atoms with van der Waals surface area (Å²) in [5.41, 5.74) is 2.66. The lowest BCUT2D eigenvalue weighted by molar-refractivity contribution is -0.142. The van der Waals surface area contributed by atoms with Crippen molar-refractivity contribution in [3.8, 4) is 0 Å². The van der Waals surface area contributed by atoms with Gasteiger partial charge in [-0.3, -0.25) is 0 Å². The van der Waals surface area contributed by atoms with E-state index in [-0.39, 0.29) is 12.7 Å². The number of hydrogen-bond acceptors (Lipinski definition) is 3. The van der Waals surface area contributed by atoms with Crippen molar-refractivity contribution in [2.45, 2.75) is 26.9 Å². The molecule has 0 radical (unpaired) electrons. The first-order valence-electron chi connectivity index (χ1n) is 6.23. The number of carbonyl (C=O) groups excluding carboxylic acids is 1. The molecule has 6 heteroatoms. The van der Waals surface area contributed by atoms with E-state index in [1.165, 1.54) is 18.1 Å². The molecule has 0 N–H and O–H groups in total. The van der Waals surface area contributed by atoms with E-state index in [0.717, 1.165) is 7.11 Å². The Labute approximate surface area is 122 Å². The number of allylic oxidation sites excluding steroid dienone is 1. The summed E-state index contributed by atoms with van der Waals surface area (Å²) in [7, 11) is 0.832. The molecule has 0 fully saturated rings. The average Bonchev–Trinajstić information content (AvgIpc) is 2.39. The lowest BCUT2D eigenvalue weighted by Crippen LogP contribution is -2.15. The molecule has 0 saturated heterocycles. The second-order valence-corrected chi connectivity index (χ2v) is 4.12. The molecule has 0 aliphatic carbocycles. The second kappa shape index (κ2) is 9.05. The molecule has 0 spiro atoms. The van der Waals surface area contributed by atoms with Crippen LogP contribution in [0.25, 0.3) is 0 Å². The van der Waals surface area contributed by atoms with Gasteiger partial charge in [0.05, 0.1) is 19.8 Å². The Kier molecular flexibility index (Phi) is 8.19. The molecule has 0 bridgehead atoms. The van der Waals surface area contributed by atoms with Crippen LogP contribution in [0.5, 0.6) is 0 Å². The molecule has 0 amide bonds. The number of aryl methyl sites for hydroxylation is 2. The Morgan fingerprint density at radius 3 is 1.86 bits per heavy atom. The van der Waals surface area contributed by atoms with Gasteiger partial charge < -0.3 is 9.47 Å². The van der Waals surface area contributed by atoms with E-state index in [0.29, 0.717) is 0 Å². The molecule has 118 valence electrons. The van der Waals surface area contributed by atoms with Crippen LogP contribution in [0.1, 0.15) is 18.1 Å². The van der Waals surface area contributed by atoms with E-state index in [4.69, 9.17) is 0 Å². The Hall–Kier alpha value is -1.98. The van der Waals surface area contributed by atoms with Crippen molar-refractivity contribution >= 4 is 5.97 Å². The number of hydrogen-bond donors (Lipinski definition) is 0. The zero-order valence-corrected chi connectivity index (χ0v) is 12.5. The third-order valence-electron chi connectivity index (χ3n) is 2.25. The van der Waals surface area contributed by atoms with Crippen LogP contribution in [0.4, 0.5) is 13.2 Å². The molecule has 3 nitrogen and oxygen atoms in total. The normalized spacial score (nSPS) is 11.3. The van der Waals surface area contributed by atoms with Gasteiger partial charge in [0.2, 0.25) is 5.76 Å². The van der Waals surface area contributed by atoms with Crippen LogP contribution in [-0.2, 0) is 14.3 Å². The largest absolute Gasteiger partial charge is 0.492 e. The van der Waals surface area contributed by atoms with Crippen molar-refractivity contribution in [2.75, 3.05) is 13.7 Å². The van der Waals surface area contributed by atoms with Crippen molar-refractivity contribution < 1.29 is 27.4 Å². The molecule has 0 unspecified atom stereocenters. The highest BCUT2D eigenvalue weighted by Crippen LogP contribution is 2.25. The van der Waals surface area contributed by atoms with Gasteiger partial charge in [-0.15, -0.1) is 0 Å². The maximum Gasteiger partial charge on any atom is 0.449 e. The molecule has 0 aromatic heterocycles. The van der Waals surface area contributed by atoms with Gasteiger partial charge in [-0.25, -0.2) is 4.79 Å². The van der Waals surface area contributed by atoms with E-state index in [1.54, 1.807) is 0 Å². The number of alkyl halides is 3. The number of rotatable bonds is 3. The number of esters is 1. The highest BCUT2D eigenvalue weighted by molar-refractivity contribution is 5.82. The number of benzene rings is 1. The summed E-state index contributed by atoms with van der Waals surface area (Å²) in [6, 6.07) is 8.48. The molecule has 0 heterocycles. The molecule has 1 aromatic rings. The first kappa shape index (κ1) is 19.0. The van der Waals surface area contributed by atoms with Gasteiger partial charge >= 0.3 is 12.1 Å². The van der Waals surface area contributed by atoms with Crippen LogP contribution in [-0.4, -0.2) is 25.9 Å². The van der Waals surface area contributed by atoms with Gasteiger partial charge in [-0.05, 0) is 20.8 Å². The predicted octanol–water partition coefficient (Wildman–Crippen LogP) is 3.95. The Morgan fingerprint density at radius 2 is 1.57 bits per heavy atom. The van der Waals surface area contributed by atoms with Gasteiger partial charge in [0.25, 0.3) is 0 Å². The Morgan fingerprint density at radius 1 is 1.14 bits per heavy atom. The SMILES string of the molecule is CCOC(=O)/C=C(\OC)C(F)(F)F.Cc1ccc(C)cc1. The maximum atomic E-state index is 11.9. The summed E-state index contributed by atoms with van der Waals surface area (Å²) in [6.45, 7) is 5.70. The molecule has 21 heavy (non-hydrogen) atoms. The topological polar surface area (TPSA) is 35.5 Å². The molecule has 0 atom stereocenters. The fraction of sp³-hybridized carbons (Fsp3) is 0.400. The summed E-state index contributed by atoms with van der Waals surface area (Å²) >= 11 is 0. The lowest BCUT2D eigenvalue weighted by Gasteiger charge is -2.08. The molecular formula is C15H19F3O3. The van der Waals surface area contributed by atoms with Gasteiger partial charge in [0.15, 0.2) is 0 Å². The highest BCUT2D eigenvalue weighted by Gasteiger charge is 2.36. The second-order valence-electron chi connectivity index (χ2n) is 4.12. The number of methoxy groups -OCH3 is 1. The van der Waals surface area contributed by atoms with Crippen LogP contribution < -0.4 is 0 Å². The first-order valence-corrected chi connectivity index (χ1v) is 6.23. The minimum atomic E-state index is -4.67. The summed E-state index contributed by atoms with van der Waals surface area (Å²) in [6.07, 6.45) is -4.40. The smallest absolute Gasteiger partial charge is 0.449 e. The van der Waals surface area contributed by atoms with Gasteiger partial charge in [0, 0.05) is 0 Å². The highest BCUT2D eigenvalue weighted by atomic mass is 19.4. The quantitative estimate of drug-likeness (QED) is 0.482. The van der Waals surface area contributed by atoms with Crippen molar-refractivity contribution in [2.24, 2.45) is 0 Å². The molecule has 0 aliphatic heterocycles. The van der Waals surface area contributed by atoms with E-state index >= 15 is 0 Å². The van der Waals surface area contributed by atoms with E-state index in [9.17, 15) is 18.0 Å². The minimum Gasteiger partial charge on any atom is -0.492 e. The van der Waals surface area contributed by atoms with Crippen molar-refractivity contribution in [1.29, 1.82) is 0 Å². The third kappa shape index (κ3) is 8.73. The van der Waals surface area contributed by atoms with Crippen molar-refractivity contribution in [3.05, 3.63) is 47.2 Å². The van der Waals surface area contributed by atoms with Crippen LogP contribution in [0, 0.1) is 13.8 Å². The first-order chi connectivity index (χ1) is 9.70. The summed E-state index contributed by atoms with van der Waals surface area (Å²) < 4.78 is 44.0. The number of ether oxygens (including phenoxy) is 2. The van der Waals surface area contributed by atoms with E-state index < -0.39 is 17.9 Å². The summed E-state index contributed by atoms with van der Waals surface area (Å²) in [5.74, 6) is -2.44. The Balaban J connectivity index is 0.000000423. The Bertz CT molecular complexity index is 441. The fourth-order valence-corrected chi connectivity index (χ4v) is 1.18. The zero-order chi connectivity index (χ0) is 16.5.